The van der Waals surface area contributed by atoms with Crippen molar-refractivity contribution in [2.24, 2.45) is 0 Å². The Bertz CT molecular complexity index is 262. The topological polar surface area (TPSA) is 42.9 Å². The predicted molar refractivity (Wildman–Crippen MR) is 37.0 cm³/mol. The Labute approximate surface area is 63.1 Å². The van der Waals surface area contributed by atoms with E-state index in [9.17, 15) is 4.79 Å². The summed E-state index contributed by atoms with van der Waals surface area (Å²) in [6, 6.07) is 0. The summed E-state index contributed by atoms with van der Waals surface area (Å²) in [6.45, 7) is 1.41. The molecule has 0 aliphatic heterocycles. The summed E-state index contributed by atoms with van der Waals surface area (Å²) in [5.41, 5.74) is 0.275. The molecule has 4 heteroatoms. The van der Waals surface area contributed by atoms with Crippen LogP contribution < -0.4 is 0 Å². The SMILES string of the molecule is CC(=O)c1ncncc1Cl. The minimum absolute atomic E-state index is 0.146. The molecular formula is C6H5ClN2O. The van der Waals surface area contributed by atoms with Crippen LogP contribution in [0.25, 0.3) is 0 Å². The highest BCUT2D eigenvalue weighted by molar-refractivity contribution is 6.33. The number of aromatic nitrogens is 2. The van der Waals surface area contributed by atoms with Gasteiger partial charge in [0.05, 0.1) is 5.02 Å². The fourth-order valence-electron chi connectivity index (χ4n) is 0.572. The van der Waals surface area contributed by atoms with Gasteiger partial charge in [0.15, 0.2) is 5.78 Å². The highest BCUT2D eigenvalue weighted by Crippen LogP contribution is 2.10. The Kier molecular flexibility index (Phi) is 1.97. The molecule has 1 aromatic rings. The monoisotopic (exact) mass is 156 g/mol. The van der Waals surface area contributed by atoms with Crippen molar-refractivity contribution in [2.45, 2.75) is 6.92 Å². The summed E-state index contributed by atoms with van der Waals surface area (Å²) in [5.74, 6) is -0.146. The summed E-state index contributed by atoms with van der Waals surface area (Å²) in [4.78, 5) is 18.0. The molecular weight excluding hydrogens is 152 g/mol. The fourth-order valence-corrected chi connectivity index (χ4v) is 0.810. The lowest BCUT2D eigenvalue weighted by molar-refractivity contribution is 0.101. The lowest BCUT2D eigenvalue weighted by Crippen LogP contribution is -1.97. The first kappa shape index (κ1) is 7.15. The molecule has 0 radical (unpaired) electrons. The molecule has 0 unspecified atom stereocenters. The first-order valence-corrected chi connectivity index (χ1v) is 3.06. The van der Waals surface area contributed by atoms with Gasteiger partial charge in [-0.2, -0.15) is 0 Å². The van der Waals surface area contributed by atoms with Crippen molar-refractivity contribution in [3.8, 4) is 0 Å². The number of nitrogens with zero attached hydrogens (tertiary/aromatic N) is 2. The van der Waals surface area contributed by atoms with Gasteiger partial charge in [-0.05, 0) is 0 Å². The minimum atomic E-state index is -0.146. The standard InChI is InChI=1S/C6H5ClN2O/c1-4(10)6-5(7)2-8-3-9-6/h2-3H,1H3. The summed E-state index contributed by atoms with van der Waals surface area (Å²) >= 11 is 5.57. The largest absolute Gasteiger partial charge is 0.293 e. The molecule has 0 saturated heterocycles. The number of Topliss-reactive ketones (excluding diaryl/α,β-unsaturated/α-hetero) is 1. The molecule has 52 valence electrons. The highest BCUT2D eigenvalue weighted by atomic mass is 35.5. The Morgan fingerprint density at radius 1 is 1.70 bits per heavy atom. The second-order valence-corrected chi connectivity index (χ2v) is 2.18. The number of ketones is 1. The molecule has 3 nitrogen and oxygen atoms in total. The second kappa shape index (κ2) is 2.75. The van der Waals surface area contributed by atoms with Gasteiger partial charge in [0.2, 0.25) is 0 Å². The molecule has 0 bridgehead atoms. The van der Waals surface area contributed by atoms with Crippen LogP contribution in [0.2, 0.25) is 5.02 Å². The van der Waals surface area contributed by atoms with Crippen LogP contribution in [0.4, 0.5) is 0 Å². The van der Waals surface area contributed by atoms with Crippen LogP contribution in [0.1, 0.15) is 17.4 Å². The van der Waals surface area contributed by atoms with Gasteiger partial charge >= 0.3 is 0 Å². The highest BCUT2D eigenvalue weighted by Gasteiger charge is 2.04. The van der Waals surface area contributed by atoms with Crippen molar-refractivity contribution >= 4 is 17.4 Å². The van der Waals surface area contributed by atoms with E-state index in [2.05, 4.69) is 9.97 Å². The van der Waals surface area contributed by atoms with E-state index in [1.165, 1.54) is 19.4 Å². The van der Waals surface area contributed by atoms with Crippen molar-refractivity contribution in [1.82, 2.24) is 9.97 Å². The summed E-state index contributed by atoms with van der Waals surface area (Å²) < 4.78 is 0. The molecule has 0 saturated carbocycles. The lowest BCUT2D eigenvalue weighted by atomic mass is 10.3. The van der Waals surface area contributed by atoms with E-state index in [1.54, 1.807) is 0 Å². The summed E-state index contributed by atoms with van der Waals surface area (Å²) in [7, 11) is 0. The van der Waals surface area contributed by atoms with Gasteiger partial charge < -0.3 is 0 Å². The zero-order valence-electron chi connectivity index (χ0n) is 5.34. The van der Waals surface area contributed by atoms with E-state index in [0.717, 1.165) is 0 Å². The van der Waals surface area contributed by atoms with Gasteiger partial charge in [0.25, 0.3) is 0 Å². The molecule has 0 atom stereocenters. The number of carbonyl (C=O) groups excluding carboxylic acids is 1. The average Bonchev–Trinajstić information content (AvgIpc) is 1.88. The lowest BCUT2D eigenvalue weighted by Gasteiger charge is -1.93. The number of rotatable bonds is 1. The zero-order valence-corrected chi connectivity index (χ0v) is 6.09. The first-order valence-electron chi connectivity index (χ1n) is 2.68. The van der Waals surface area contributed by atoms with Crippen molar-refractivity contribution < 1.29 is 4.79 Å². The van der Waals surface area contributed by atoms with Gasteiger partial charge in [-0.3, -0.25) is 4.79 Å². The third kappa shape index (κ3) is 1.30. The maximum atomic E-state index is 10.7. The normalized spacial score (nSPS) is 9.40. The Balaban J connectivity index is 3.15. The molecule has 1 aromatic heterocycles. The summed E-state index contributed by atoms with van der Waals surface area (Å²) in [6.07, 6.45) is 2.69. The maximum absolute atomic E-state index is 10.7. The van der Waals surface area contributed by atoms with Crippen molar-refractivity contribution in [3.63, 3.8) is 0 Å². The molecule has 0 N–H and O–H groups in total. The van der Waals surface area contributed by atoms with Gasteiger partial charge in [-0.25, -0.2) is 9.97 Å². The molecule has 0 amide bonds. The predicted octanol–water partition coefficient (Wildman–Crippen LogP) is 1.33. The van der Waals surface area contributed by atoms with E-state index >= 15 is 0 Å². The van der Waals surface area contributed by atoms with Gasteiger partial charge in [0, 0.05) is 13.1 Å². The fraction of sp³-hybridized carbons (Fsp3) is 0.167. The maximum Gasteiger partial charge on any atom is 0.179 e. The third-order valence-corrected chi connectivity index (χ3v) is 1.28. The molecule has 0 spiro atoms. The van der Waals surface area contributed by atoms with E-state index in [-0.39, 0.29) is 11.5 Å². The van der Waals surface area contributed by atoms with Crippen LogP contribution >= 0.6 is 11.6 Å². The second-order valence-electron chi connectivity index (χ2n) is 1.78. The molecule has 0 aliphatic rings. The van der Waals surface area contributed by atoms with Gasteiger partial charge in [-0.1, -0.05) is 11.6 Å². The van der Waals surface area contributed by atoms with Crippen LogP contribution in [0.15, 0.2) is 12.5 Å². The van der Waals surface area contributed by atoms with Crippen LogP contribution in [-0.2, 0) is 0 Å². The smallest absolute Gasteiger partial charge is 0.179 e. The van der Waals surface area contributed by atoms with Gasteiger partial charge in [-0.15, -0.1) is 0 Å². The molecule has 1 rings (SSSR count). The van der Waals surface area contributed by atoms with Crippen LogP contribution in [0.3, 0.4) is 0 Å². The van der Waals surface area contributed by atoms with Gasteiger partial charge in [0.1, 0.15) is 12.0 Å². The molecule has 0 aromatic carbocycles. The van der Waals surface area contributed by atoms with Crippen LogP contribution in [-0.4, -0.2) is 15.8 Å². The first-order chi connectivity index (χ1) is 4.72. The zero-order chi connectivity index (χ0) is 7.56. The number of carbonyl (C=O) groups is 1. The summed E-state index contributed by atoms with van der Waals surface area (Å²) in [5, 5.41) is 0.301. The molecule has 0 aliphatic carbocycles. The number of hydrogen-bond acceptors (Lipinski definition) is 3. The Morgan fingerprint density at radius 3 is 2.80 bits per heavy atom. The van der Waals surface area contributed by atoms with Crippen LogP contribution in [0, 0.1) is 0 Å². The Morgan fingerprint density at radius 2 is 2.40 bits per heavy atom. The van der Waals surface area contributed by atoms with E-state index in [1.807, 2.05) is 0 Å². The number of hydrogen-bond donors (Lipinski definition) is 0. The quantitative estimate of drug-likeness (QED) is 0.577. The van der Waals surface area contributed by atoms with E-state index in [0.29, 0.717) is 5.02 Å². The molecule has 1 heterocycles. The van der Waals surface area contributed by atoms with Crippen molar-refractivity contribution in [1.29, 1.82) is 0 Å². The van der Waals surface area contributed by atoms with Crippen LogP contribution in [0.5, 0.6) is 0 Å². The average molecular weight is 157 g/mol. The van der Waals surface area contributed by atoms with Crippen molar-refractivity contribution in [2.75, 3.05) is 0 Å². The Hall–Kier alpha value is -0.960. The molecule has 0 fully saturated rings. The van der Waals surface area contributed by atoms with E-state index < -0.39 is 0 Å². The number of halogens is 1. The molecule has 10 heavy (non-hydrogen) atoms. The minimum Gasteiger partial charge on any atom is -0.293 e. The van der Waals surface area contributed by atoms with Crippen molar-refractivity contribution in [3.05, 3.63) is 23.2 Å². The van der Waals surface area contributed by atoms with E-state index in [4.69, 9.17) is 11.6 Å². The third-order valence-electron chi connectivity index (χ3n) is 1.00.